The van der Waals surface area contributed by atoms with Crippen molar-refractivity contribution in [2.45, 2.75) is 34.1 Å². The minimum atomic E-state index is -0.219. The van der Waals surface area contributed by atoms with E-state index in [0.717, 1.165) is 5.56 Å². The predicted molar refractivity (Wildman–Crippen MR) is 72.7 cm³/mol. The van der Waals surface area contributed by atoms with Gasteiger partial charge in [0.2, 0.25) is 0 Å². The summed E-state index contributed by atoms with van der Waals surface area (Å²) in [7, 11) is 0. The molecule has 2 nitrogen and oxygen atoms in total. The molecule has 0 saturated carbocycles. The van der Waals surface area contributed by atoms with Crippen LogP contribution in [0.4, 0.5) is 0 Å². The second-order valence-corrected chi connectivity index (χ2v) is 3.15. The van der Waals surface area contributed by atoms with Crippen molar-refractivity contribution in [3.05, 3.63) is 41.5 Å². The molecule has 94 valence electrons. The van der Waals surface area contributed by atoms with Gasteiger partial charge in [-0.15, -0.1) is 0 Å². The summed E-state index contributed by atoms with van der Waals surface area (Å²) in [6, 6.07) is 9.78. The van der Waals surface area contributed by atoms with Crippen LogP contribution in [0.1, 0.15) is 39.7 Å². The molecular formula is C15H22O2. The summed E-state index contributed by atoms with van der Waals surface area (Å²) in [6.07, 6.45) is 2.56. The Morgan fingerprint density at radius 3 is 2.24 bits per heavy atom. The average Bonchev–Trinajstić information content (AvgIpc) is 2.39. The third-order valence-electron chi connectivity index (χ3n) is 2.06. The van der Waals surface area contributed by atoms with Crippen LogP contribution in [0, 0.1) is 0 Å². The molecule has 1 aromatic rings. The average molecular weight is 234 g/mol. The van der Waals surface area contributed by atoms with E-state index in [0.29, 0.717) is 18.6 Å². The predicted octanol–water partition coefficient (Wildman–Crippen LogP) is 4.07. The highest BCUT2D eigenvalue weighted by Crippen LogP contribution is 2.10. The fourth-order valence-electron chi connectivity index (χ4n) is 1.28. The van der Waals surface area contributed by atoms with Gasteiger partial charge < -0.3 is 4.74 Å². The van der Waals surface area contributed by atoms with E-state index in [4.69, 9.17) is 4.74 Å². The molecule has 0 radical (unpaired) electrons. The largest absolute Gasteiger partial charge is 0.463 e. The van der Waals surface area contributed by atoms with Gasteiger partial charge in [-0.1, -0.05) is 51.1 Å². The quantitative estimate of drug-likeness (QED) is 0.580. The zero-order chi connectivity index (χ0) is 13.1. The van der Waals surface area contributed by atoms with Crippen molar-refractivity contribution in [2.75, 3.05) is 6.61 Å². The van der Waals surface area contributed by atoms with Crippen LogP contribution in [0.5, 0.6) is 0 Å². The minimum absolute atomic E-state index is 0.219. The Morgan fingerprint density at radius 2 is 1.76 bits per heavy atom. The van der Waals surface area contributed by atoms with Crippen LogP contribution in [-0.4, -0.2) is 12.6 Å². The van der Waals surface area contributed by atoms with Gasteiger partial charge >= 0.3 is 5.97 Å². The standard InChI is InChI=1S/C13H16O2.C2H6/c1-3-12(13(14)15-4-2)10-11-8-6-5-7-9-11;1-2/h5-10H,3-4H2,1-2H3;1-2H3. The van der Waals surface area contributed by atoms with Gasteiger partial charge in [-0.05, 0) is 25.0 Å². The van der Waals surface area contributed by atoms with E-state index in [9.17, 15) is 4.79 Å². The molecule has 0 aliphatic rings. The van der Waals surface area contributed by atoms with E-state index in [1.165, 1.54) is 0 Å². The van der Waals surface area contributed by atoms with E-state index in [1.54, 1.807) is 0 Å². The lowest BCUT2D eigenvalue weighted by molar-refractivity contribution is -0.138. The third-order valence-corrected chi connectivity index (χ3v) is 2.06. The van der Waals surface area contributed by atoms with Crippen molar-refractivity contribution in [1.82, 2.24) is 0 Å². The number of esters is 1. The molecular weight excluding hydrogens is 212 g/mol. The molecule has 2 heteroatoms. The molecule has 0 heterocycles. The fraction of sp³-hybridized carbons (Fsp3) is 0.400. The number of rotatable bonds is 4. The molecule has 0 amide bonds. The van der Waals surface area contributed by atoms with Gasteiger partial charge in [0.15, 0.2) is 0 Å². The number of hydrogen-bond acceptors (Lipinski definition) is 2. The highest BCUT2D eigenvalue weighted by molar-refractivity contribution is 5.93. The first-order valence-electron chi connectivity index (χ1n) is 6.20. The summed E-state index contributed by atoms with van der Waals surface area (Å²) in [5, 5.41) is 0. The van der Waals surface area contributed by atoms with E-state index in [-0.39, 0.29) is 5.97 Å². The van der Waals surface area contributed by atoms with Crippen LogP contribution in [0.2, 0.25) is 0 Å². The Kier molecular flexibility index (Phi) is 8.75. The molecule has 0 bridgehead atoms. The lowest BCUT2D eigenvalue weighted by atomic mass is 10.1. The molecule has 0 aliphatic heterocycles. The van der Waals surface area contributed by atoms with E-state index in [2.05, 4.69) is 0 Å². The number of hydrogen-bond donors (Lipinski definition) is 0. The topological polar surface area (TPSA) is 26.3 Å². The van der Waals surface area contributed by atoms with Gasteiger partial charge in [0, 0.05) is 5.57 Å². The Hall–Kier alpha value is -1.57. The summed E-state index contributed by atoms with van der Waals surface area (Å²) >= 11 is 0. The van der Waals surface area contributed by atoms with Crippen LogP contribution in [0.25, 0.3) is 6.08 Å². The van der Waals surface area contributed by atoms with Crippen molar-refractivity contribution in [1.29, 1.82) is 0 Å². The Morgan fingerprint density at radius 1 is 1.18 bits per heavy atom. The van der Waals surface area contributed by atoms with Crippen molar-refractivity contribution >= 4 is 12.0 Å². The van der Waals surface area contributed by atoms with Gasteiger partial charge in [0.25, 0.3) is 0 Å². The molecule has 17 heavy (non-hydrogen) atoms. The number of benzene rings is 1. The van der Waals surface area contributed by atoms with Crippen molar-refractivity contribution in [3.8, 4) is 0 Å². The highest BCUT2D eigenvalue weighted by Gasteiger charge is 2.07. The minimum Gasteiger partial charge on any atom is -0.463 e. The SMILES string of the molecule is CC.CCOC(=O)C(=Cc1ccccc1)CC. The van der Waals surface area contributed by atoms with Gasteiger partial charge in [0.05, 0.1) is 6.61 Å². The third kappa shape index (κ3) is 5.91. The number of carbonyl (C=O) groups is 1. The highest BCUT2D eigenvalue weighted by atomic mass is 16.5. The van der Waals surface area contributed by atoms with Crippen LogP contribution in [0.15, 0.2) is 35.9 Å². The first kappa shape index (κ1) is 15.4. The lowest BCUT2D eigenvalue weighted by Crippen LogP contribution is -2.06. The fourth-order valence-corrected chi connectivity index (χ4v) is 1.28. The van der Waals surface area contributed by atoms with E-state index in [1.807, 2.05) is 64.1 Å². The first-order chi connectivity index (χ1) is 8.27. The summed E-state index contributed by atoms with van der Waals surface area (Å²) in [5.74, 6) is -0.219. The molecule has 0 atom stereocenters. The molecule has 0 unspecified atom stereocenters. The number of carbonyl (C=O) groups excluding carboxylic acids is 1. The lowest BCUT2D eigenvalue weighted by Gasteiger charge is -2.04. The molecule has 0 spiro atoms. The van der Waals surface area contributed by atoms with Crippen molar-refractivity contribution < 1.29 is 9.53 Å². The van der Waals surface area contributed by atoms with Gasteiger partial charge in [0.1, 0.15) is 0 Å². The monoisotopic (exact) mass is 234 g/mol. The molecule has 0 saturated heterocycles. The van der Waals surface area contributed by atoms with Crippen LogP contribution >= 0.6 is 0 Å². The van der Waals surface area contributed by atoms with Gasteiger partial charge in [-0.3, -0.25) is 0 Å². The zero-order valence-corrected chi connectivity index (χ0v) is 11.2. The van der Waals surface area contributed by atoms with Crippen molar-refractivity contribution in [2.24, 2.45) is 0 Å². The first-order valence-corrected chi connectivity index (χ1v) is 6.20. The molecule has 1 rings (SSSR count). The van der Waals surface area contributed by atoms with Gasteiger partial charge in [-0.2, -0.15) is 0 Å². The second-order valence-electron chi connectivity index (χ2n) is 3.15. The van der Waals surface area contributed by atoms with Crippen LogP contribution in [-0.2, 0) is 9.53 Å². The molecule has 0 fully saturated rings. The van der Waals surface area contributed by atoms with Crippen LogP contribution < -0.4 is 0 Å². The van der Waals surface area contributed by atoms with Crippen LogP contribution in [0.3, 0.4) is 0 Å². The maximum atomic E-state index is 11.5. The summed E-state index contributed by atoms with van der Waals surface area (Å²) < 4.78 is 4.96. The summed E-state index contributed by atoms with van der Waals surface area (Å²) in [6.45, 7) is 8.18. The molecule has 0 N–H and O–H groups in total. The second kappa shape index (κ2) is 9.64. The summed E-state index contributed by atoms with van der Waals surface area (Å²) in [5.41, 5.74) is 1.74. The van der Waals surface area contributed by atoms with Crippen molar-refractivity contribution in [3.63, 3.8) is 0 Å². The van der Waals surface area contributed by atoms with Gasteiger partial charge in [-0.25, -0.2) is 4.79 Å². The number of ether oxygens (including phenoxy) is 1. The summed E-state index contributed by atoms with van der Waals surface area (Å²) in [4.78, 5) is 11.5. The molecule has 0 aliphatic carbocycles. The zero-order valence-electron chi connectivity index (χ0n) is 11.2. The normalized spacial score (nSPS) is 10.2. The van der Waals surface area contributed by atoms with E-state index < -0.39 is 0 Å². The maximum absolute atomic E-state index is 11.5. The Bertz CT molecular complexity index is 339. The Balaban J connectivity index is 0.00000121. The smallest absolute Gasteiger partial charge is 0.333 e. The Labute approximate surface area is 104 Å². The molecule has 0 aromatic heterocycles. The van der Waals surface area contributed by atoms with E-state index >= 15 is 0 Å². The molecule has 1 aromatic carbocycles. The maximum Gasteiger partial charge on any atom is 0.333 e.